The summed E-state index contributed by atoms with van der Waals surface area (Å²) in [6.07, 6.45) is 5.07. The summed E-state index contributed by atoms with van der Waals surface area (Å²) in [5, 5.41) is 0. The number of sulfonamides is 1. The standard InChI is InChI=1S/C24H19NO4S/c26-23(18-16-20-10-4-1-5-11-20)25(30(28,29)22-14-8-3-9-15-22)24(27)19-17-21-12-6-2-7-13-21/h1-19H/b18-16+,19-17+. The fraction of sp³-hybridized carbons (Fsp3) is 0. The molecule has 5 nitrogen and oxygen atoms in total. The Morgan fingerprint density at radius 3 is 1.37 bits per heavy atom. The highest BCUT2D eigenvalue weighted by atomic mass is 32.2. The molecule has 0 aliphatic rings. The number of imide groups is 1. The average molecular weight is 417 g/mol. The van der Waals surface area contributed by atoms with Crippen LogP contribution in [0.5, 0.6) is 0 Å². The van der Waals surface area contributed by atoms with Gasteiger partial charge in [-0.05, 0) is 35.4 Å². The Balaban J connectivity index is 1.96. The second-order valence-corrected chi connectivity index (χ2v) is 8.03. The first-order valence-corrected chi connectivity index (χ1v) is 10.6. The van der Waals surface area contributed by atoms with Crippen molar-refractivity contribution in [2.45, 2.75) is 4.90 Å². The zero-order chi connectivity index (χ0) is 21.4. The third kappa shape index (κ3) is 5.18. The van der Waals surface area contributed by atoms with Crippen molar-refractivity contribution in [3.63, 3.8) is 0 Å². The van der Waals surface area contributed by atoms with Crippen molar-refractivity contribution < 1.29 is 18.0 Å². The molecule has 0 aromatic heterocycles. The summed E-state index contributed by atoms with van der Waals surface area (Å²) in [5.41, 5.74) is 1.41. The maximum atomic E-state index is 13.1. The second kappa shape index (κ2) is 9.62. The van der Waals surface area contributed by atoms with Crippen molar-refractivity contribution >= 4 is 34.0 Å². The van der Waals surface area contributed by atoms with Gasteiger partial charge in [-0.25, -0.2) is 8.42 Å². The van der Waals surface area contributed by atoms with Crippen LogP contribution in [-0.4, -0.2) is 24.5 Å². The van der Waals surface area contributed by atoms with E-state index >= 15 is 0 Å². The van der Waals surface area contributed by atoms with Crippen molar-refractivity contribution in [2.24, 2.45) is 0 Å². The average Bonchev–Trinajstić information content (AvgIpc) is 2.78. The van der Waals surface area contributed by atoms with Gasteiger partial charge in [0.1, 0.15) is 0 Å². The predicted octanol–water partition coefficient (Wildman–Crippen LogP) is 4.16. The number of carbonyl (C=O) groups is 2. The van der Waals surface area contributed by atoms with Crippen LogP contribution in [0.3, 0.4) is 0 Å². The van der Waals surface area contributed by atoms with Crippen LogP contribution in [-0.2, 0) is 19.6 Å². The summed E-state index contributed by atoms with van der Waals surface area (Å²) in [6, 6.07) is 25.2. The van der Waals surface area contributed by atoms with E-state index in [1.54, 1.807) is 54.6 Å². The number of rotatable bonds is 6. The molecule has 3 aromatic carbocycles. The predicted molar refractivity (Wildman–Crippen MR) is 116 cm³/mol. The fourth-order valence-electron chi connectivity index (χ4n) is 2.64. The van der Waals surface area contributed by atoms with Crippen LogP contribution >= 0.6 is 0 Å². The zero-order valence-corrected chi connectivity index (χ0v) is 16.8. The van der Waals surface area contributed by atoms with Crippen LogP contribution in [0.25, 0.3) is 12.2 Å². The van der Waals surface area contributed by atoms with E-state index in [1.165, 1.54) is 36.4 Å². The Morgan fingerprint density at radius 1 is 0.600 bits per heavy atom. The molecule has 0 aliphatic heterocycles. The number of benzene rings is 3. The van der Waals surface area contributed by atoms with Crippen LogP contribution in [0.1, 0.15) is 11.1 Å². The summed E-state index contributed by atoms with van der Waals surface area (Å²) in [7, 11) is -4.38. The van der Waals surface area contributed by atoms with E-state index in [9.17, 15) is 18.0 Å². The van der Waals surface area contributed by atoms with E-state index in [4.69, 9.17) is 0 Å². The minimum absolute atomic E-state index is 0.145. The monoisotopic (exact) mass is 417 g/mol. The largest absolute Gasteiger partial charge is 0.273 e. The Hall–Kier alpha value is -3.77. The lowest BCUT2D eigenvalue weighted by Gasteiger charge is -2.18. The molecule has 30 heavy (non-hydrogen) atoms. The molecule has 0 unspecified atom stereocenters. The zero-order valence-electron chi connectivity index (χ0n) is 16.0. The molecule has 0 radical (unpaired) electrons. The van der Waals surface area contributed by atoms with Gasteiger partial charge in [0.05, 0.1) is 4.90 Å². The molecule has 6 heteroatoms. The maximum absolute atomic E-state index is 13.1. The van der Waals surface area contributed by atoms with Gasteiger partial charge < -0.3 is 0 Å². The molecule has 0 heterocycles. The van der Waals surface area contributed by atoms with Crippen molar-refractivity contribution in [1.29, 1.82) is 0 Å². The van der Waals surface area contributed by atoms with Crippen molar-refractivity contribution in [3.05, 3.63) is 114 Å². The van der Waals surface area contributed by atoms with Crippen LogP contribution in [0.15, 0.2) is 108 Å². The van der Waals surface area contributed by atoms with Crippen LogP contribution < -0.4 is 0 Å². The van der Waals surface area contributed by atoms with E-state index < -0.39 is 21.8 Å². The van der Waals surface area contributed by atoms with Crippen molar-refractivity contribution in [3.8, 4) is 0 Å². The molecule has 0 N–H and O–H groups in total. The Kier molecular flexibility index (Phi) is 6.72. The van der Waals surface area contributed by atoms with Gasteiger partial charge in [0.2, 0.25) is 0 Å². The topological polar surface area (TPSA) is 71.5 Å². The normalized spacial score (nSPS) is 11.6. The van der Waals surface area contributed by atoms with Gasteiger partial charge in [-0.3, -0.25) is 9.59 Å². The highest BCUT2D eigenvalue weighted by molar-refractivity contribution is 7.90. The fourth-order valence-corrected chi connectivity index (χ4v) is 3.95. The van der Waals surface area contributed by atoms with E-state index in [1.807, 2.05) is 12.1 Å². The van der Waals surface area contributed by atoms with Crippen LogP contribution in [0.2, 0.25) is 0 Å². The molecule has 3 rings (SSSR count). The first kappa shape index (κ1) is 21.0. The molecule has 0 aliphatic carbocycles. The summed E-state index contributed by atoms with van der Waals surface area (Å²) in [4.78, 5) is 25.4. The number of hydrogen-bond donors (Lipinski definition) is 0. The van der Waals surface area contributed by atoms with Crippen molar-refractivity contribution in [1.82, 2.24) is 4.31 Å². The molecule has 0 saturated carbocycles. The molecular formula is C24H19NO4S. The third-order valence-corrected chi connectivity index (χ3v) is 5.83. The van der Waals surface area contributed by atoms with E-state index in [0.29, 0.717) is 11.1 Å². The molecule has 0 atom stereocenters. The van der Waals surface area contributed by atoms with Gasteiger partial charge >= 0.3 is 0 Å². The van der Waals surface area contributed by atoms with Gasteiger partial charge in [0, 0.05) is 12.2 Å². The summed E-state index contributed by atoms with van der Waals surface area (Å²) >= 11 is 0. The molecule has 2 amide bonds. The number of amides is 2. The van der Waals surface area contributed by atoms with Gasteiger partial charge in [0.25, 0.3) is 21.8 Å². The van der Waals surface area contributed by atoms with Gasteiger partial charge in [-0.15, -0.1) is 0 Å². The number of nitrogens with zero attached hydrogens (tertiary/aromatic N) is 1. The highest BCUT2D eigenvalue weighted by Gasteiger charge is 2.32. The molecule has 0 spiro atoms. The Morgan fingerprint density at radius 2 is 0.967 bits per heavy atom. The minimum Gasteiger partial charge on any atom is -0.268 e. The summed E-state index contributed by atoms with van der Waals surface area (Å²) < 4.78 is 26.4. The Labute approximate surface area is 175 Å². The molecule has 0 saturated heterocycles. The number of carbonyl (C=O) groups excluding carboxylic acids is 2. The quantitative estimate of drug-likeness (QED) is 0.565. The van der Waals surface area contributed by atoms with Gasteiger partial charge in [-0.2, -0.15) is 4.31 Å². The SMILES string of the molecule is O=C(/C=C/c1ccccc1)N(C(=O)/C=C/c1ccccc1)S(=O)(=O)c1ccccc1. The van der Waals surface area contributed by atoms with E-state index in [0.717, 1.165) is 12.2 Å². The van der Waals surface area contributed by atoms with Crippen LogP contribution in [0.4, 0.5) is 0 Å². The summed E-state index contributed by atoms with van der Waals surface area (Å²) in [5.74, 6) is -1.91. The lowest BCUT2D eigenvalue weighted by atomic mass is 10.2. The first-order chi connectivity index (χ1) is 14.5. The second-order valence-electron chi connectivity index (χ2n) is 6.25. The van der Waals surface area contributed by atoms with Gasteiger partial charge in [0.15, 0.2) is 0 Å². The lowest BCUT2D eigenvalue weighted by molar-refractivity contribution is -0.132. The molecule has 150 valence electrons. The molecule has 0 fully saturated rings. The first-order valence-electron chi connectivity index (χ1n) is 9.13. The third-order valence-electron chi connectivity index (χ3n) is 4.12. The van der Waals surface area contributed by atoms with Crippen LogP contribution in [0, 0.1) is 0 Å². The van der Waals surface area contributed by atoms with Crippen molar-refractivity contribution in [2.75, 3.05) is 0 Å². The summed E-state index contributed by atoms with van der Waals surface area (Å²) in [6.45, 7) is 0. The maximum Gasteiger partial charge on any atom is 0.273 e. The van der Waals surface area contributed by atoms with E-state index in [2.05, 4.69) is 0 Å². The van der Waals surface area contributed by atoms with Gasteiger partial charge in [-0.1, -0.05) is 78.9 Å². The lowest BCUT2D eigenvalue weighted by Crippen LogP contribution is -2.39. The molecule has 0 bridgehead atoms. The Bertz CT molecular complexity index is 1110. The smallest absolute Gasteiger partial charge is 0.268 e. The minimum atomic E-state index is -4.38. The molecular weight excluding hydrogens is 398 g/mol. The highest BCUT2D eigenvalue weighted by Crippen LogP contribution is 2.17. The van der Waals surface area contributed by atoms with E-state index in [-0.39, 0.29) is 9.20 Å². The number of hydrogen-bond acceptors (Lipinski definition) is 4. The molecule has 3 aromatic rings.